The van der Waals surface area contributed by atoms with Crippen molar-refractivity contribution in [3.8, 4) is 5.75 Å². The number of hydrogen-bond acceptors (Lipinski definition) is 4. The molecular formula is C11H7BrN2O4. The molecule has 1 aromatic carbocycles. The summed E-state index contributed by atoms with van der Waals surface area (Å²) in [5, 5.41) is 14.4. The molecule has 1 atom stereocenters. The van der Waals surface area contributed by atoms with Crippen molar-refractivity contribution >= 4 is 33.9 Å². The zero-order valence-electron chi connectivity index (χ0n) is 8.86. The molecule has 6 nitrogen and oxygen atoms in total. The van der Waals surface area contributed by atoms with Crippen LogP contribution in [0.5, 0.6) is 5.75 Å². The van der Waals surface area contributed by atoms with Crippen LogP contribution < -0.4 is 15.4 Å². The molecule has 0 bridgehead atoms. The number of ether oxygens (including phenoxy) is 1. The highest BCUT2D eigenvalue weighted by molar-refractivity contribution is 9.10. The van der Waals surface area contributed by atoms with Crippen molar-refractivity contribution in [3.63, 3.8) is 0 Å². The molecule has 0 saturated carbocycles. The Morgan fingerprint density at radius 2 is 2.11 bits per heavy atom. The second-order valence-corrected chi connectivity index (χ2v) is 4.81. The minimum Gasteiger partial charge on any atom is -0.440 e. The number of carbonyl (C=O) groups excluding carboxylic acids is 2. The lowest BCUT2D eigenvalue weighted by Crippen LogP contribution is -2.65. The molecule has 2 aliphatic heterocycles. The van der Waals surface area contributed by atoms with E-state index in [2.05, 4.69) is 21.2 Å². The maximum atomic E-state index is 11.6. The van der Waals surface area contributed by atoms with Gasteiger partial charge in [0.15, 0.2) is 0 Å². The van der Waals surface area contributed by atoms with Crippen LogP contribution in [0.25, 0.3) is 6.08 Å². The molecule has 0 aliphatic carbocycles. The lowest BCUT2D eigenvalue weighted by molar-refractivity contribution is -0.145. The molecule has 1 aromatic rings. The van der Waals surface area contributed by atoms with Gasteiger partial charge in [-0.3, -0.25) is 15.4 Å². The van der Waals surface area contributed by atoms with Gasteiger partial charge in [0.25, 0.3) is 5.91 Å². The Morgan fingerprint density at radius 3 is 2.89 bits per heavy atom. The molecule has 3 rings (SSSR count). The Hall–Kier alpha value is -1.86. The Labute approximate surface area is 110 Å². The first-order valence-corrected chi connectivity index (χ1v) is 5.84. The summed E-state index contributed by atoms with van der Waals surface area (Å²) in [7, 11) is 0. The number of hydrogen-bond donors (Lipinski definition) is 3. The molecule has 1 unspecified atom stereocenters. The van der Waals surface area contributed by atoms with Crippen LogP contribution >= 0.6 is 15.9 Å². The Morgan fingerprint density at radius 1 is 1.33 bits per heavy atom. The lowest BCUT2D eigenvalue weighted by Gasteiger charge is -2.37. The summed E-state index contributed by atoms with van der Waals surface area (Å²) in [5.74, 6) is -2.42. The van der Waals surface area contributed by atoms with Gasteiger partial charge in [-0.1, -0.05) is 15.9 Å². The van der Waals surface area contributed by atoms with E-state index in [1.807, 2.05) is 5.32 Å². The molecule has 18 heavy (non-hydrogen) atoms. The number of urea groups is 1. The van der Waals surface area contributed by atoms with E-state index in [0.29, 0.717) is 11.3 Å². The molecule has 3 N–H and O–H groups in total. The van der Waals surface area contributed by atoms with Gasteiger partial charge in [0, 0.05) is 10.0 Å². The number of imide groups is 1. The Kier molecular flexibility index (Phi) is 2.23. The van der Waals surface area contributed by atoms with Gasteiger partial charge in [0.1, 0.15) is 11.3 Å². The van der Waals surface area contributed by atoms with E-state index < -0.39 is 17.8 Å². The van der Waals surface area contributed by atoms with Crippen molar-refractivity contribution in [2.75, 3.05) is 0 Å². The minimum absolute atomic E-state index is 0.0623. The van der Waals surface area contributed by atoms with E-state index in [1.54, 1.807) is 18.2 Å². The molecule has 3 amide bonds. The van der Waals surface area contributed by atoms with Crippen molar-refractivity contribution in [3.05, 3.63) is 33.8 Å². The second kappa shape index (κ2) is 3.56. The number of rotatable bonds is 0. The number of aliphatic hydroxyl groups is 1. The maximum absolute atomic E-state index is 11.6. The third-order valence-electron chi connectivity index (χ3n) is 2.65. The number of benzene rings is 1. The van der Waals surface area contributed by atoms with Gasteiger partial charge in [-0.2, -0.15) is 0 Å². The zero-order chi connectivity index (χ0) is 12.9. The maximum Gasteiger partial charge on any atom is 0.327 e. The standard InChI is InChI=1S/C11H7BrN2O4/c12-6-1-2-8-5(3-6)4-7-9(15)13-10(16)14-11(7,17)18-8/h1-4,17H,(H2,13,14,15,16). The predicted octanol–water partition coefficient (Wildman–Crippen LogP) is 0.710. The Balaban J connectivity index is 2.15. The second-order valence-electron chi connectivity index (χ2n) is 3.89. The van der Waals surface area contributed by atoms with Gasteiger partial charge in [0.05, 0.1) is 0 Å². The molecule has 0 spiro atoms. The van der Waals surface area contributed by atoms with Crippen LogP contribution in [0.1, 0.15) is 5.56 Å². The molecule has 1 fully saturated rings. The first-order chi connectivity index (χ1) is 8.48. The molecule has 2 aliphatic rings. The van der Waals surface area contributed by atoms with E-state index in [-0.39, 0.29) is 5.57 Å². The van der Waals surface area contributed by atoms with Crippen LogP contribution in [0.15, 0.2) is 28.2 Å². The predicted molar refractivity (Wildman–Crippen MR) is 64.4 cm³/mol. The summed E-state index contributed by atoms with van der Waals surface area (Å²) in [5.41, 5.74) is 0.572. The number of carbonyl (C=O) groups is 2. The fraction of sp³-hybridized carbons (Fsp3) is 0.0909. The minimum atomic E-state index is -2.11. The van der Waals surface area contributed by atoms with Gasteiger partial charge >= 0.3 is 11.9 Å². The van der Waals surface area contributed by atoms with Crippen molar-refractivity contribution < 1.29 is 19.4 Å². The highest BCUT2D eigenvalue weighted by Crippen LogP contribution is 2.35. The van der Waals surface area contributed by atoms with Crippen molar-refractivity contribution in [1.29, 1.82) is 0 Å². The van der Waals surface area contributed by atoms with E-state index in [4.69, 9.17) is 4.74 Å². The molecular weight excluding hydrogens is 304 g/mol. The molecule has 92 valence electrons. The van der Waals surface area contributed by atoms with Crippen molar-refractivity contribution in [2.24, 2.45) is 0 Å². The highest BCUT2D eigenvalue weighted by atomic mass is 79.9. The largest absolute Gasteiger partial charge is 0.440 e. The molecule has 0 radical (unpaired) electrons. The van der Waals surface area contributed by atoms with E-state index >= 15 is 0 Å². The summed E-state index contributed by atoms with van der Waals surface area (Å²) >= 11 is 3.30. The molecule has 0 aromatic heterocycles. The van der Waals surface area contributed by atoms with Gasteiger partial charge in [-0.15, -0.1) is 0 Å². The van der Waals surface area contributed by atoms with Gasteiger partial charge in [-0.05, 0) is 24.3 Å². The Bertz CT molecular complexity index is 613. The number of fused-ring (bicyclic) bond motifs is 2. The summed E-state index contributed by atoms with van der Waals surface area (Å²) in [6.07, 6.45) is 1.47. The molecule has 1 saturated heterocycles. The third kappa shape index (κ3) is 1.59. The first kappa shape index (κ1) is 11.2. The number of nitrogens with one attached hydrogen (secondary N) is 2. The fourth-order valence-electron chi connectivity index (χ4n) is 1.86. The average molecular weight is 311 g/mol. The van der Waals surface area contributed by atoms with Crippen LogP contribution in [0.4, 0.5) is 4.79 Å². The van der Waals surface area contributed by atoms with Gasteiger partial charge < -0.3 is 9.84 Å². The van der Waals surface area contributed by atoms with E-state index in [9.17, 15) is 14.7 Å². The number of amides is 3. The highest BCUT2D eigenvalue weighted by Gasteiger charge is 2.47. The molecule has 7 heteroatoms. The quantitative estimate of drug-likeness (QED) is 0.658. The van der Waals surface area contributed by atoms with Crippen LogP contribution in [0, 0.1) is 0 Å². The van der Waals surface area contributed by atoms with Crippen LogP contribution in [0.3, 0.4) is 0 Å². The lowest BCUT2D eigenvalue weighted by atomic mass is 10.0. The topological polar surface area (TPSA) is 87.7 Å². The van der Waals surface area contributed by atoms with Crippen LogP contribution in [-0.4, -0.2) is 23.0 Å². The monoisotopic (exact) mass is 310 g/mol. The zero-order valence-corrected chi connectivity index (χ0v) is 10.4. The summed E-state index contributed by atoms with van der Waals surface area (Å²) in [6, 6.07) is 4.29. The van der Waals surface area contributed by atoms with Gasteiger partial charge in [-0.25, -0.2) is 4.79 Å². The molecule has 2 heterocycles. The van der Waals surface area contributed by atoms with Crippen molar-refractivity contribution in [1.82, 2.24) is 10.6 Å². The van der Waals surface area contributed by atoms with Gasteiger partial charge in [0.2, 0.25) is 0 Å². The van der Waals surface area contributed by atoms with E-state index in [1.165, 1.54) is 6.08 Å². The average Bonchev–Trinajstić information content (AvgIpc) is 2.26. The normalized spacial score (nSPS) is 25.1. The van der Waals surface area contributed by atoms with Crippen LogP contribution in [0.2, 0.25) is 0 Å². The summed E-state index contributed by atoms with van der Waals surface area (Å²) in [6.45, 7) is 0. The third-order valence-corrected chi connectivity index (χ3v) is 3.14. The first-order valence-electron chi connectivity index (χ1n) is 5.04. The summed E-state index contributed by atoms with van der Waals surface area (Å²) in [4.78, 5) is 22.8. The SMILES string of the molecule is O=C1NC(=O)C2=Cc3cc(Br)ccc3OC2(O)N1. The fourth-order valence-corrected chi connectivity index (χ4v) is 2.24. The summed E-state index contributed by atoms with van der Waals surface area (Å²) < 4.78 is 6.11. The smallest absolute Gasteiger partial charge is 0.327 e. The van der Waals surface area contributed by atoms with E-state index in [0.717, 1.165) is 4.47 Å². The van der Waals surface area contributed by atoms with Crippen LogP contribution in [-0.2, 0) is 4.79 Å². The van der Waals surface area contributed by atoms with Crippen molar-refractivity contribution in [2.45, 2.75) is 5.91 Å². The number of halogens is 1.